The van der Waals surface area contributed by atoms with Crippen molar-refractivity contribution in [2.24, 2.45) is 5.73 Å². The minimum atomic E-state index is 0.437. The van der Waals surface area contributed by atoms with Gasteiger partial charge in [-0.05, 0) is 38.5 Å². The number of hydrogen-bond donors (Lipinski definition) is 2. The summed E-state index contributed by atoms with van der Waals surface area (Å²) in [4.78, 5) is 0. The number of hydrogen-bond acceptors (Lipinski definition) is 3. The van der Waals surface area contributed by atoms with Gasteiger partial charge < -0.3 is 15.8 Å². The molecule has 0 spiro atoms. The van der Waals surface area contributed by atoms with Crippen LogP contribution in [0.5, 0.6) is 0 Å². The molecule has 5 unspecified atom stereocenters. The lowest BCUT2D eigenvalue weighted by Crippen LogP contribution is -2.43. The van der Waals surface area contributed by atoms with Gasteiger partial charge in [0, 0.05) is 18.1 Å². The SMILES string of the molecule is NC1CCC(NC2CC3CCC2O3)C1. The molecule has 80 valence electrons. The summed E-state index contributed by atoms with van der Waals surface area (Å²) in [6.45, 7) is 0. The van der Waals surface area contributed by atoms with Gasteiger partial charge in [0.05, 0.1) is 12.2 Å². The van der Waals surface area contributed by atoms with Crippen molar-refractivity contribution in [1.29, 1.82) is 0 Å². The molecular weight excluding hydrogens is 176 g/mol. The van der Waals surface area contributed by atoms with Gasteiger partial charge in [0.1, 0.15) is 0 Å². The maximum atomic E-state index is 5.90. The van der Waals surface area contributed by atoms with E-state index in [2.05, 4.69) is 5.32 Å². The Balaban J connectivity index is 1.53. The van der Waals surface area contributed by atoms with Crippen molar-refractivity contribution < 1.29 is 4.74 Å². The Labute approximate surface area is 85.4 Å². The quantitative estimate of drug-likeness (QED) is 0.686. The molecule has 0 radical (unpaired) electrons. The molecule has 2 bridgehead atoms. The van der Waals surface area contributed by atoms with E-state index in [4.69, 9.17) is 10.5 Å². The van der Waals surface area contributed by atoms with E-state index in [9.17, 15) is 0 Å². The van der Waals surface area contributed by atoms with E-state index in [1.807, 2.05) is 0 Å². The standard InChI is InChI=1S/C11H20N2O/c12-7-1-2-8(5-7)13-10-6-9-3-4-11(10)14-9/h7-11,13H,1-6,12H2. The molecule has 5 atom stereocenters. The number of rotatable bonds is 2. The highest BCUT2D eigenvalue weighted by Crippen LogP contribution is 2.35. The first-order chi connectivity index (χ1) is 6.81. The van der Waals surface area contributed by atoms with Gasteiger partial charge in [-0.15, -0.1) is 0 Å². The maximum Gasteiger partial charge on any atom is 0.0733 e. The molecular formula is C11H20N2O. The number of nitrogens with two attached hydrogens (primary N) is 1. The normalized spacial score (nSPS) is 51.6. The minimum absolute atomic E-state index is 0.437. The molecule has 3 aliphatic rings. The van der Waals surface area contributed by atoms with Crippen molar-refractivity contribution >= 4 is 0 Å². The number of fused-ring (bicyclic) bond motifs is 2. The van der Waals surface area contributed by atoms with Crippen LogP contribution in [0.4, 0.5) is 0 Å². The lowest BCUT2D eigenvalue weighted by atomic mass is 9.95. The summed E-state index contributed by atoms with van der Waals surface area (Å²) < 4.78 is 5.83. The summed E-state index contributed by atoms with van der Waals surface area (Å²) in [5, 5.41) is 3.73. The van der Waals surface area contributed by atoms with Crippen LogP contribution in [0.1, 0.15) is 38.5 Å². The number of nitrogens with one attached hydrogen (secondary N) is 1. The maximum absolute atomic E-state index is 5.90. The van der Waals surface area contributed by atoms with E-state index in [0.29, 0.717) is 30.3 Å². The lowest BCUT2D eigenvalue weighted by molar-refractivity contribution is 0.0960. The molecule has 3 fully saturated rings. The van der Waals surface area contributed by atoms with Gasteiger partial charge in [-0.2, -0.15) is 0 Å². The largest absolute Gasteiger partial charge is 0.373 e. The van der Waals surface area contributed by atoms with Crippen LogP contribution in [-0.2, 0) is 4.74 Å². The van der Waals surface area contributed by atoms with Crippen LogP contribution in [0.15, 0.2) is 0 Å². The van der Waals surface area contributed by atoms with Crippen LogP contribution >= 0.6 is 0 Å². The average Bonchev–Trinajstić information content (AvgIpc) is 2.82. The van der Waals surface area contributed by atoms with Crippen LogP contribution < -0.4 is 11.1 Å². The van der Waals surface area contributed by atoms with Crippen molar-refractivity contribution in [3.05, 3.63) is 0 Å². The van der Waals surface area contributed by atoms with Crippen LogP contribution in [-0.4, -0.2) is 30.3 Å². The summed E-state index contributed by atoms with van der Waals surface area (Å²) in [7, 11) is 0. The van der Waals surface area contributed by atoms with Crippen molar-refractivity contribution in [3.63, 3.8) is 0 Å². The Morgan fingerprint density at radius 3 is 2.57 bits per heavy atom. The van der Waals surface area contributed by atoms with Crippen molar-refractivity contribution in [3.8, 4) is 0 Å². The monoisotopic (exact) mass is 196 g/mol. The zero-order chi connectivity index (χ0) is 9.54. The Hall–Kier alpha value is -0.120. The van der Waals surface area contributed by atoms with E-state index in [-0.39, 0.29) is 0 Å². The second kappa shape index (κ2) is 3.47. The molecule has 3 nitrogen and oxygen atoms in total. The third kappa shape index (κ3) is 1.58. The summed E-state index contributed by atoms with van der Waals surface area (Å²) in [5.41, 5.74) is 5.90. The van der Waals surface area contributed by atoms with Gasteiger partial charge in [0.15, 0.2) is 0 Å². The third-order valence-electron chi connectivity index (χ3n) is 4.03. The van der Waals surface area contributed by atoms with E-state index < -0.39 is 0 Å². The molecule has 2 heterocycles. The molecule has 2 saturated heterocycles. The van der Waals surface area contributed by atoms with Gasteiger partial charge in [0.2, 0.25) is 0 Å². The van der Waals surface area contributed by atoms with Gasteiger partial charge in [-0.1, -0.05) is 0 Å². The van der Waals surface area contributed by atoms with Crippen LogP contribution in [0.2, 0.25) is 0 Å². The Bertz CT molecular complexity index is 221. The second-order valence-electron chi connectivity index (χ2n) is 5.15. The van der Waals surface area contributed by atoms with Crippen LogP contribution in [0.25, 0.3) is 0 Å². The molecule has 0 aromatic heterocycles. The first-order valence-corrected chi connectivity index (χ1v) is 5.98. The zero-order valence-electron chi connectivity index (χ0n) is 8.61. The Morgan fingerprint density at radius 2 is 2.00 bits per heavy atom. The second-order valence-corrected chi connectivity index (χ2v) is 5.15. The zero-order valence-corrected chi connectivity index (χ0v) is 8.61. The number of ether oxygens (including phenoxy) is 1. The summed E-state index contributed by atoms with van der Waals surface area (Å²) in [6.07, 6.45) is 8.47. The van der Waals surface area contributed by atoms with Crippen molar-refractivity contribution in [1.82, 2.24) is 5.32 Å². The molecule has 3 heteroatoms. The Morgan fingerprint density at radius 1 is 1.07 bits per heavy atom. The summed E-state index contributed by atoms with van der Waals surface area (Å²) in [6, 6.07) is 1.73. The first kappa shape index (κ1) is 9.13. The van der Waals surface area contributed by atoms with Crippen molar-refractivity contribution in [2.75, 3.05) is 0 Å². The highest BCUT2D eigenvalue weighted by molar-refractivity contribution is 4.96. The topological polar surface area (TPSA) is 47.3 Å². The fourth-order valence-electron chi connectivity index (χ4n) is 3.28. The molecule has 1 saturated carbocycles. The predicted octanol–water partition coefficient (Wildman–Crippen LogP) is 0.776. The van der Waals surface area contributed by atoms with Gasteiger partial charge in [0.25, 0.3) is 0 Å². The highest BCUT2D eigenvalue weighted by atomic mass is 16.5. The first-order valence-electron chi connectivity index (χ1n) is 5.98. The van der Waals surface area contributed by atoms with Gasteiger partial charge >= 0.3 is 0 Å². The molecule has 14 heavy (non-hydrogen) atoms. The minimum Gasteiger partial charge on any atom is -0.373 e. The molecule has 3 N–H and O–H groups in total. The fourth-order valence-corrected chi connectivity index (χ4v) is 3.28. The Kier molecular flexibility index (Phi) is 2.26. The lowest BCUT2D eigenvalue weighted by Gasteiger charge is -2.24. The molecule has 0 aromatic carbocycles. The fraction of sp³-hybridized carbons (Fsp3) is 1.00. The molecule has 2 aliphatic heterocycles. The van der Waals surface area contributed by atoms with Crippen LogP contribution in [0.3, 0.4) is 0 Å². The summed E-state index contributed by atoms with van der Waals surface area (Å²) >= 11 is 0. The predicted molar refractivity (Wildman–Crippen MR) is 55.1 cm³/mol. The van der Waals surface area contributed by atoms with Crippen LogP contribution in [0, 0.1) is 0 Å². The van der Waals surface area contributed by atoms with Crippen molar-refractivity contribution in [2.45, 2.75) is 68.9 Å². The average molecular weight is 196 g/mol. The molecule has 0 amide bonds. The van der Waals surface area contributed by atoms with E-state index >= 15 is 0 Å². The molecule has 1 aliphatic carbocycles. The molecule has 3 rings (SSSR count). The third-order valence-corrected chi connectivity index (χ3v) is 4.03. The highest BCUT2D eigenvalue weighted by Gasteiger charge is 2.41. The smallest absolute Gasteiger partial charge is 0.0733 e. The summed E-state index contributed by atoms with van der Waals surface area (Å²) in [5.74, 6) is 0. The van der Waals surface area contributed by atoms with E-state index in [1.165, 1.54) is 32.1 Å². The molecule has 0 aromatic rings. The van der Waals surface area contributed by atoms with E-state index in [0.717, 1.165) is 6.42 Å². The van der Waals surface area contributed by atoms with Gasteiger partial charge in [-0.25, -0.2) is 0 Å². The van der Waals surface area contributed by atoms with E-state index in [1.54, 1.807) is 0 Å². The van der Waals surface area contributed by atoms with Gasteiger partial charge in [-0.3, -0.25) is 0 Å².